The first kappa shape index (κ1) is 17.4. The van der Waals surface area contributed by atoms with E-state index >= 15 is 0 Å². The van der Waals surface area contributed by atoms with Gasteiger partial charge in [0.2, 0.25) is 5.91 Å². The molecule has 27 heavy (non-hydrogen) atoms. The van der Waals surface area contributed by atoms with Gasteiger partial charge in [-0.25, -0.2) is 9.67 Å². The normalized spacial score (nSPS) is 15.3. The zero-order chi connectivity index (χ0) is 18.8. The van der Waals surface area contributed by atoms with Gasteiger partial charge >= 0.3 is 0 Å². The smallest absolute Gasteiger partial charge is 0.222 e. The first-order valence-electron chi connectivity index (χ1n) is 9.33. The highest BCUT2D eigenvalue weighted by Gasteiger charge is 2.24. The first-order valence-corrected chi connectivity index (χ1v) is 9.33. The Balaban J connectivity index is 1.46. The Morgan fingerprint density at radius 2 is 1.96 bits per heavy atom. The lowest BCUT2D eigenvalue weighted by Gasteiger charge is -2.31. The fraction of sp³-hybridized carbons (Fsp3) is 0.421. The maximum atomic E-state index is 11.8. The molecule has 0 bridgehead atoms. The second kappa shape index (κ2) is 7.30. The van der Waals surface area contributed by atoms with Crippen molar-refractivity contribution in [2.75, 3.05) is 13.1 Å². The Bertz CT molecular complexity index is 920. The summed E-state index contributed by atoms with van der Waals surface area (Å²) >= 11 is 0. The summed E-state index contributed by atoms with van der Waals surface area (Å²) in [4.78, 5) is 18.3. The molecule has 2 aromatic heterocycles. The average molecular weight is 365 g/mol. The van der Waals surface area contributed by atoms with E-state index in [1.807, 2.05) is 53.9 Å². The van der Waals surface area contributed by atoms with Crippen LogP contribution in [-0.4, -0.2) is 54.1 Å². The summed E-state index contributed by atoms with van der Waals surface area (Å²) in [7, 11) is 0. The van der Waals surface area contributed by atoms with Crippen molar-refractivity contribution in [3.8, 4) is 22.9 Å². The predicted octanol–water partition coefficient (Wildman–Crippen LogP) is 2.61. The lowest BCUT2D eigenvalue weighted by Crippen LogP contribution is -2.38. The summed E-state index contributed by atoms with van der Waals surface area (Å²) in [5, 5.41) is 15.8. The number of rotatable bonds is 4. The van der Waals surface area contributed by atoms with Crippen LogP contribution in [0.1, 0.15) is 37.8 Å². The Hall–Kier alpha value is -3.03. The lowest BCUT2D eigenvalue weighted by atomic mass is 10.1. The molecule has 1 aliphatic heterocycles. The summed E-state index contributed by atoms with van der Waals surface area (Å²) in [5.41, 5.74) is 2.83. The molecular weight excluding hydrogens is 342 g/mol. The van der Waals surface area contributed by atoms with Crippen LogP contribution in [0.25, 0.3) is 22.9 Å². The third kappa shape index (κ3) is 3.60. The van der Waals surface area contributed by atoms with Crippen molar-refractivity contribution in [3.63, 3.8) is 0 Å². The Kier molecular flexibility index (Phi) is 4.70. The number of nitrogens with zero attached hydrogens (tertiary/aromatic N) is 6. The Labute approximate surface area is 157 Å². The second-order valence-electron chi connectivity index (χ2n) is 6.92. The summed E-state index contributed by atoms with van der Waals surface area (Å²) in [6.45, 7) is 5.49. The van der Waals surface area contributed by atoms with Crippen LogP contribution >= 0.6 is 0 Å². The molecule has 3 heterocycles. The van der Waals surface area contributed by atoms with Gasteiger partial charge in [0.1, 0.15) is 5.69 Å². The van der Waals surface area contributed by atoms with Crippen molar-refractivity contribution in [1.82, 2.24) is 35.1 Å². The van der Waals surface area contributed by atoms with Crippen LogP contribution in [0.5, 0.6) is 0 Å². The molecule has 140 valence electrons. The largest absolute Gasteiger partial charge is 0.343 e. The van der Waals surface area contributed by atoms with Crippen molar-refractivity contribution in [2.45, 2.75) is 39.2 Å². The molecule has 1 saturated heterocycles. The molecule has 1 amide bonds. The van der Waals surface area contributed by atoms with E-state index < -0.39 is 0 Å². The number of piperidine rings is 1. The number of aromatic amines is 1. The van der Waals surface area contributed by atoms with Gasteiger partial charge in [0.05, 0.1) is 12.2 Å². The molecule has 0 saturated carbocycles. The lowest BCUT2D eigenvalue weighted by molar-refractivity contribution is -0.132. The topological polar surface area (TPSA) is 92.6 Å². The first-order chi connectivity index (χ1) is 13.1. The predicted molar refractivity (Wildman–Crippen MR) is 101 cm³/mol. The second-order valence-corrected chi connectivity index (χ2v) is 6.92. The minimum absolute atomic E-state index is 0.220. The highest BCUT2D eigenvalue weighted by molar-refractivity contribution is 5.75. The summed E-state index contributed by atoms with van der Waals surface area (Å²) in [5.74, 6) is 1.47. The van der Waals surface area contributed by atoms with Gasteiger partial charge in [-0.2, -0.15) is 5.10 Å². The number of hydrogen-bond acceptors (Lipinski definition) is 5. The molecule has 8 heteroatoms. The highest BCUT2D eigenvalue weighted by atomic mass is 16.2. The fourth-order valence-corrected chi connectivity index (χ4v) is 3.38. The van der Waals surface area contributed by atoms with Gasteiger partial charge in [0, 0.05) is 25.1 Å². The molecule has 0 spiro atoms. The van der Waals surface area contributed by atoms with Crippen molar-refractivity contribution in [3.05, 3.63) is 36.0 Å². The number of aromatic nitrogens is 6. The van der Waals surface area contributed by atoms with Gasteiger partial charge in [-0.05, 0) is 19.8 Å². The SMILES string of the molecule is CCC(=O)N1CCC(n2cc(-c3nc(-c4ccc(C)cc4)n[nH]3)nn2)CC1. The van der Waals surface area contributed by atoms with Gasteiger partial charge < -0.3 is 4.90 Å². The van der Waals surface area contributed by atoms with Crippen LogP contribution in [0.4, 0.5) is 0 Å². The number of likely N-dealkylation sites (tertiary alicyclic amines) is 1. The number of carbonyl (C=O) groups is 1. The van der Waals surface area contributed by atoms with Crippen LogP contribution in [0, 0.1) is 6.92 Å². The number of aryl methyl sites for hydroxylation is 1. The van der Waals surface area contributed by atoms with Crippen LogP contribution in [0.3, 0.4) is 0 Å². The Morgan fingerprint density at radius 1 is 1.22 bits per heavy atom. The number of nitrogens with one attached hydrogen (secondary N) is 1. The van der Waals surface area contributed by atoms with Gasteiger partial charge in [0.15, 0.2) is 11.6 Å². The van der Waals surface area contributed by atoms with Crippen LogP contribution < -0.4 is 0 Å². The van der Waals surface area contributed by atoms with E-state index in [1.165, 1.54) is 5.56 Å². The van der Waals surface area contributed by atoms with E-state index in [0.717, 1.165) is 31.5 Å². The summed E-state index contributed by atoms with van der Waals surface area (Å²) < 4.78 is 1.89. The summed E-state index contributed by atoms with van der Waals surface area (Å²) in [6.07, 6.45) is 4.24. The minimum atomic E-state index is 0.220. The fourth-order valence-electron chi connectivity index (χ4n) is 3.38. The molecular formula is C19H23N7O. The minimum Gasteiger partial charge on any atom is -0.343 e. The molecule has 1 N–H and O–H groups in total. The Morgan fingerprint density at radius 3 is 2.67 bits per heavy atom. The molecule has 0 unspecified atom stereocenters. The number of carbonyl (C=O) groups excluding carboxylic acids is 1. The molecule has 1 fully saturated rings. The zero-order valence-corrected chi connectivity index (χ0v) is 15.6. The molecule has 1 aromatic carbocycles. The van der Waals surface area contributed by atoms with Crippen molar-refractivity contribution < 1.29 is 4.79 Å². The maximum absolute atomic E-state index is 11.8. The number of H-pyrrole nitrogens is 1. The van der Waals surface area contributed by atoms with Crippen LogP contribution in [0.2, 0.25) is 0 Å². The van der Waals surface area contributed by atoms with Crippen LogP contribution in [-0.2, 0) is 4.79 Å². The third-order valence-corrected chi connectivity index (χ3v) is 5.04. The van der Waals surface area contributed by atoms with E-state index in [2.05, 4.69) is 25.5 Å². The van der Waals surface area contributed by atoms with Crippen LogP contribution in [0.15, 0.2) is 30.5 Å². The van der Waals surface area contributed by atoms with Gasteiger partial charge in [0.25, 0.3) is 0 Å². The van der Waals surface area contributed by atoms with E-state index in [1.54, 1.807) is 0 Å². The van der Waals surface area contributed by atoms with E-state index in [0.29, 0.717) is 23.8 Å². The molecule has 0 aliphatic carbocycles. The highest BCUT2D eigenvalue weighted by Crippen LogP contribution is 2.24. The van der Waals surface area contributed by atoms with E-state index in [-0.39, 0.29) is 11.9 Å². The number of hydrogen-bond donors (Lipinski definition) is 1. The van der Waals surface area contributed by atoms with E-state index in [9.17, 15) is 4.79 Å². The van der Waals surface area contributed by atoms with E-state index in [4.69, 9.17) is 0 Å². The van der Waals surface area contributed by atoms with Gasteiger partial charge in [-0.3, -0.25) is 9.89 Å². The molecule has 0 radical (unpaired) electrons. The number of benzene rings is 1. The van der Waals surface area contributed by atoms with Crippen molar-refractivity contribution in [1.29, 1.82) is 0 Å². The quantitative estimate of drug-likeness (QED) is 0.767. The van der Waals surface area contributed by atoms with Crippen molar-refractivity contribution in [2.24, 2.45) is 0 Å². The standard InChI is InChI=1S/C19H23N7O/c1-3-17(27)25-10-8-15(9-11-25)26-12-16(21-24-26)19-20-18(22-23-19)14-6-4-13(2)5-7-14/h4-7,12,15H,3,8-11H2,1-2H3,(H,20,22,23). The monoisotopic (exact) mass is 365 g/mol. The summed E-state index contributed by atoms with van der Waals surface area (Å²) in [6, 6.07) is 8.34. The molecule has 8 nitrogen and oxygen atoms in total. The van der Waals surface area contributed by atoms with Gasteiger partial charge in [-0.15, -0.1) is 5.10 Å². The molecule has 1 aliphatic rings. The molecule has 3 aromatic rings. The average Bonchev–Trinajstić information content (AvgIpc) is 3.38. The molecule has 0 atom stereocenters. The zero-order valence-electron chi connectivity index (χ0n) is 15.6. The van der Waals surface area contributed by atoms with Gasteiger partial charge in [-0.1, -0.05) is 42.0 Å². The van der Waals surface area contributed by atoms with Crippen molar-refractivity contribution >= 4 is 5.91 Å². The molecule has 4 rings (SSSR count). The number of amides is 1. The third-order valence-electron chi connectivity index (χ3n) is 5.04. The maximum Gasteiger partial charge on any atom is 0.222 e.